The molecule has 6 N–H and O–H groups in total. The van der Waals surface area contributed by atoms with Crippen LogP contribution < -0.4 is 11.5 Å². The lowest BCUT2D eigenvalue weighted by Gasteiger charge is -2.04. The van der Waals surface area contributed by atoms with Crippen molar-refractivity contribution in [2.24, 2.45) is 5.73 Å². The van der Waals surface area contributed by atoms with Crippen molar-refractivity contribution in [2.75, 3.05) is 12.3 Å². The second-order valence-electron chi connectivity index (χ2n) is 2.79. The van der Waals surface area contributed by atoms with Crippen LogP contribution in [0.2, 0.25) is 0 Å². The van der Waals surface area contributed by atoms with Gasteiger partial charge in [-0.25, -0.2) is 4.79 Å². The van der Waals surface area contributed by atoms with Gasteiger partial charge in [0.1, 0.15) is 5.82 Å². The molecular weight excluding hydrogens is 198 g/mol. The van der Waals surface area contributed by atoms with Crippen LogP contribution in [0.4, 0.5) is 5.82 Å². The fourth-order valence-electron chi connectivity index (χ4n) is 1.04. The van der Waals surface area contributed by atoms with Gasteiger partial charge in [-0.05, 0) is 13.0 Å². The Kier molecular flexibility index (Phi) is 3.22. The first kappa shape index (κ1) is 11.0. The highest BCUT2D eigenvalue weighted by molar-refractivity contribution is 5.95. The first-order valence-corrected chi connectivity index (χ1v) is 4.37. The number of carbonyl (C=O) groups is 1. The molecule has 0 radical (unpaired) electrons. The second-order valence-corrected chi connectivity index (χ2v) is 2.79. The zero-order valence-corrected chi connectivity index (χ0v) is 8.28. The molecule has 15 heavy (non-hydrogen) atoms. The summed E-state index contributed by atoms with van der Waals surface area (Å²) in [5.41, 5.74) is 10.8. The minimum atomic E-state index is -0.768. The highest BCUT2D eigenvalue weighted by Gasteiger charge is 2.16. The van der Waals surface area contributed by atoms with E-state index in [4.69, 9.17) is 11.5 Å². The van der Waals surface area contributed by atoms with Crippen LogP contribution in [0.15, 0.2) is 18.0 Å². The number of aliphatic hydroxyl groups is 1. The van der Waals surface area contributed by atoms with Crippen molar-refractivity contribution in [1.82, 2.24) is 4.98 Å². The van der Waals surface area contributed by atoms with Crippen LogP contribution in [-0.2, 0) is 9.53 Å². The molecule has 0 atom stereocenters. The van der Waals surface area contributed by atoms with Crippen molar-refractivity contribution < 1.29 is 14.6 Å². The van der Waals surface area contributed by atoms with Gasteiger partial charge in [-0.15, -0.1) is 0 Å². The Morgan fingerprint density at radius 2 is 2.33 bits per heavy atom. The van der Waals surface area contributed by atoms with Crippen molar-refractivity contribution in [3.05, 3.63) is 23.5 Å². The van der Waals surface area contributed by atoms with Gasteiger partial charge < -0.3 is 26.3 Å². The monoisotopic (exact) mass is 211 g/mol. The van der Waals surface area contributed by atoms with E-state index in [1.807, 2.05) is 0 Å². The molecule has 0 aliphatic rings. The Labute approximate surface area is 86.5 Å². The van der Waals surface area contributed by atoms with Gasteiger partial charge >= 0.3 is 5.97 Å². The summed E-state index contributed by atoms with van der Waals surface area (Å²) in [5, 5.41) is 9.61. The number of rotatable bonds is 3. The number of anilines is 1. The molecule has 0 amide bonds. The van der Waals surface area contributed by atoms with E-state index in [-0.39, 0.29) is 29.4 Å². The molecule has 0 aromatic carbocycles. The van der Waals surface area contributed by atoms with E-state index in [2.05, 4.69) is 9.72 Å². The van der Waals surface area contributed by atoms with E-state index < -0.39 is 5.97 Å². The van der Waals surface area contributed by atoms with Crippen molar-refractivity contribution in [2.45, 2.75) is 6.92 Å². The molecule has 1 aromatic rings. The largest absolute Gasteiger partial charge is 0.505 e. The maximum Gasteiger partial charge on any atom is 0.358 e. The third-order valence-corrected chi connectivity index (χ3v) is 1.78. The van der Waals surface area contributed by atoms with Crippen molar-refractivity contribution in [3.8, 4) is 0 Å². The average Bonchev–Trinajstić information content (AvgIpc) is 2.62. The molecule has 0 bridgehead atoms. The zero-order valence-electron chi connectivity index (χ0n) is 8.28. The highest BCUT2D eigenvalue weighted by atomic mass is 16.5. The number of aromatic amines is 1. The Balaban J connectivity index is 3.00. The summed E-state index contributed by atoms with van der Waals surface area (Å²) >= 11 is 0. The SMILES string of the molecule is CCOC(=O)/C(N)=C(\O)c1cc[nH]c1N. The average molecular weight is 211 g/mol. The predicted molar refractivity (Wildman–Crippen MR) is 55.6 cm³/mol. The molecule has 0 aliphatic carbocycles. The molecule has 0 aliphatic heterocycles. The number of esters is 1. The van der Waals surface area contributed by atoms with E-state index in [9.17, 15) is 9.90 Å². The van der Waals surface area contributed by atoms with Crippen LogP contribution in [0, 0.1) is 0 Å². The predicted octanol–water partition coefficient (Wildman–Crippen LogP) is 0.345. The lowest BCUT2D eigenvalue weighted by molar-refractivity contribution is -0.138. The summed E-state index contributed by atoms with van der Waals surface area (Å²) in [5.74, 6) is -0.914. The minimum Gasteiger partial charge on any atom is -0.505 e. The quantitative estimate of drug-likeness (QED) is 0.327. The van der Waals surface area contributed by atoms with Gasteiger partial charge in [-0.1, -0.05) is 0 Å². The third-order valence-electron chi connectivity index (χ3n) is 1.78. The maximum atomic E-state index is 11.2. The Bertz CT molecular complexity index is 395. The van der Waals surface area contributed by atoms with Gasteiger partial charge in [0.25, 0.3) is 0 Å². The van der Waals surface area contributed by atoms with Gasteiger partial charge in [0.15, 0.2) is 11.5 Å². The molecule has 0 unspecified atom stereocenters. The van der Waals surface area contributed by atoms with Crippen LogP contribution in [0.1, 0.15) is 12.5 Å². The summed E-state index contributed by atoms with van der Waals surface area (Å²) in [6.45, 7) is 1.84. The van der Waals surface area contributed by atoms with Gasteiger partial charge in [0.2, 0.25) is 0 Å². The van der Waals surface area contributed by atoms with Gasteiger partial charge in [-0.2, -0.15) is 0 Å². The molecule has 82 valence electrons. The number of aliphatic hydroxyl groups excluding tert-OH is 1. The third kappa shape index (κ3) is 2.22. The number of hydrogen-bond acceptors (Lipinski definition) is 5. The molecule has 0 saturated heterocycles. The minimum absolute atomic E-state index is 0.190. The number of nitrogens with two attached hydrogens (primary N) is 2. The number of nitrogens with one attached hydrogen (secondary N) is 1. The normalized spacial score (nSPS) is 12.1. The molecule has 6 nitrogen and oxygen atoms in total. The van der Waals surface area contributed by atoms with Crippen LogP contribution in [-0.4, -0.2) is 22.7 Å². The van der Waals surface area contributed by atoms with Crippen LogP contribution in [0.5, 0.6) is 0 Å². The molecule has 1 heterocycles. The number of hydrogen-bond donors (Lipinski definition) is 4. The Morgan fingerprint density at radius 3 is 2.80 bits per heavy atom. The highest BCUT2D eigenvalue weighted by Crippen LogP contribution is 2.19. The first-order valence-electron chi connectivity index (χ1n) is 4.37. The molecular formula is C9H13N3O3. The summed E-state index contributed by atoms with van der Waals surface area (Å²) in [6.07, 6.45) is 1.53. The first-order chi connectivity index (χ1) is 7.07. The zero-order chi connectivity index (χ0) is 11.4. The summed E-state index contributed by atoms with van der Waals surface area (Å²) in [7, 11) is 0. The van der Waals surface area contributed by atoms with Crippen LogP contribution in [0.3, 0.4) is 0 Å². The Hall–Kier alpha value is -2.11. The summed E-state index contributed by atoms with van der Waals surface area (Å²) in [4.78, 5) is 13.8. The summed E-state index contributed by atoms with van der Waals surface area (Å²) < 4.78 is 4.63. The molecule has 0 spiro atoms. The lowest BCUT2D eigenvalue weighted by Crippen LogP contribution is -2.17. The molecule has 1 aromatic heterocycles. The number of nitrogen functional groups attached to an aromatic ring is 1. The topological polar surface area (TPSA) is 114 Å². The molecule has 1 rings (SSSR count). The second kappa shape index (κ2) is 4.41. The van der Waals surface area contributed by atoms with Crippen molar-refractivity contribution in [1.29, 1.82) is 0 Å². The molecule has 0 fully saturated rings. The van der Waals surface area contributed by atoms with E-state index >= 15 is 0 Å². The molecule has 0 saturated carbocycles. The maximum absolute atomic E-state index is 11.2. The van der Waals surface area contributed by atoms with E-state index in [1.54, 1.807) is 6.92 Å². The summed E-state index contributed by atoms with van der Waals surface area (Å²) in [6, 6.07) is 1.51. The van der Waals surface area contributed by atoms with E-state index in [0.29, 0.717) is 0 Å². The van der Waals surface area contributed by atoms with E-state index in [1.165, 1.54) is 12.3 Å². The fourth-order valence-corrected chi connectivity index (χ4v) is 1.04. The lowest BCUT2D eigenvalue weighted by atomic mass is 10.2. The van der Waals surface area contributed by atoms with Gasteiger partial charge in [-0.3, -0.25) is 0 Å². The number of ether oxygens (including phenoxy) is 1. The van der Waals surface area contributed by atoms with Crippen LogP contribution >= 0.6 is 0 Å². The van der Waals surface area contributed by atoms with Gasteiger partial charge in [0.05, 0.1) is 12.2 Å². The van der Waals surface area contributed by atoms with Crippen LogP contribution in [0.25, 0.3) is 5.76 Å². The number of carbonyl (C=O) groups excluding carboxylic acids is 1. The van der Waals surface area contributed by atoms with Gasteiger partial charge in [0, 0.05) is 6.20 Å². The number of H-pyrrole nitrogens is 1. The van der Waals surface area contributed by atoms with E-state index in [0.717, 1.165) is 0 Å². The van der Waals surface area contributed by atoms with Crippen molar-refractivity contribution >= 4 is 17.5 Å². The molecule has 6 heteroatoms. The van der Waals surface area contributed by atoms with Crippen molar-refractivity contribution in [3.63, 3.8) is 0 Å². The smallest absolute Gasteiger partial charge is 0.358 e. The number of aromatic nitrogens is 1. The Morgan fingerprint density at radius 1 is 1.67 bits per heavy atom. The standard InChI is InChI=1S/C9H13N3O3/c1-2-15-9(14)6(10)7(13)5-3-4-12-8(5)11/h3-4,12-13H,2,10-11H2,1H3/b7-6+. The fraction of sp³-hybridized carbons (Fsp3) is 0.222.